The third-order valence-electron chi connectivity index (χ3n) is 2.27. The predicted molar refractivity (Wildman–Crippen MR) is 61.0 cm³/mol. The molecular weight excluding hydrogens is 206 g/mol. The van der Waals surface area contributed by atoms with Gasteiger partial charge < -0.3 is 15.6 Å². The van der Waals surface area contributed by atoms with Crippen molar-refractivity contribution in [1.82, 2.24) is 0 Å². The van der Waals surface area contributed by atoms with Crippen LogP contribution in [0.15, 0.2) is 24.3 Å². The summed E-state index contributed by atoms with van der Waals surface area (Å²) >= 11 is 0. The van der Waals surface area contributed by atoms with Gasteiger partial charge in [0.1, 0.15) is 5.75 Å². The van der Waals surface area contributed by atoms with E-state index in [-0.39, 0.29) is 18.9 Å². The molecule has 0 aliphatic rings. The molecule has 4 heteroatoms. The average molecular weight is 223 g/mol. The molecule has 16 heavy (non-hydrogen) atoms. The normalized spacial score (nSPS) is 12.1. The number of rotatable bonds is 6. The number of hydrogen-bond acceptors (Lipinski definition) is 3. The number of carbonyl (C=O) groups is 1. The van der Waals surface area contributed by atoms with E-state index in [1.807, 2.05) is 19.1 Å². The number of nitrogens with two attached hydrogens (primary N) is 1. The Morgan fingerprint density at radius 2 is 2.06 bits per heavy atom. The molecule has 0 aliphatic carbocycles. The maximum Gasteiger partial charge on any atom is 0.220 e. The zero-order valence-electron chi connectivity index (χ0n) is 9.35. The molecule has 3 N–H and O–H groups in total. The van der Waals surface area contributed by atoms with Gasteiger partial charge in [0.25, 0.3) is 0 Å². The Hall–Kier alpha value is -1.55. The van der Waals surface area contributed by atoms with Gasteiger partial charge in [-0.05, 0) is 24.1 Å². The fourth-order valence-corrected chi connectivity index (χ4v) is 1.29. The number of ether oxygens (including phenoxy) is 1. The Kier molecular flexibility index (Phi) is 4.79. The van der Waals surface area contributed by atoms with Crippen LogP contribution in [0.5, 0.6) is 5.75 Å². The first-order chi connectivity index (χ1) is 7.63. The minimum atomic E-state index is -0.431. The number of benzene rings is 1. The molecule has 88 valence electrons. The van der Waals surface area contributed by atoms with E-state index in [2.05, 4.69) is 0 Å². The molecule has 0 unspecified atom stereocenters. The van der Waals surface area contributed by atoms with Crippen molar-refractivity contribution in [3.63, 3.8) is 0 Å². The van der Waals surface area contributed by atoms with Crippen molar-refractivity contribution < 1.29 is 14.6 Å². The highest BCUT2D eigenvalue weighted by molar-refractivity contribution is 5.73. The second kappa shape index (κ2) is 6.12. The van der Waals surface area contributed by atoms with Gasteiger partial charge in [-0.25, -0.2) is 0 Å². The first kappa shape index (κ1) is 12.5. The minimum Gasteiger partial charge on any atom is -0.493 e. The molecular formula is C12H17NO3. The topological polar surface area (TPSA) is 72.6 Å². The molecule has 0 spiro atoms. The summed E-state index contributed by atoms with van der Waals surface area (Å²) in [5.41, 5.74) is 5.85. The first-order valence-electron chi connectivity index (χ1n) is 5.32. The number of aliphatic hydroxyl groups is 1. The fraction of sp³-hybridized carbons (Fsp3) is 0.417. The number of aliphatic hydroxyl groups excluding tert-OH is 1. The van der Waals surface area contributed by atoms with Crippen molar-refractivity contribution in [3.8, 4) is 5.75 Å². The summed E-state index contributed by atoms with van der Waals surface area (Å²) in [5.74, 6) is 0.298. The summed E-state index contributed by atoms with van der Waals surface area (Å²) < 4.78 is 5.30. The molecule has 1 amide bonds. The maximum absolute atomic E-state index is 10.5. The molecule has 1 rings (SSSR count). The molecule has 0 saturated heterocycles. The van der Waals surface area contributed by atoms with E-state index in [0.717, 1.165) is 5.56 Å². The molecule has 0 aliphatic heterocycles. The molecule has 1 aromatic carbocycles. The smallest absolute Gasteiger partial charge is 0.220 e. The highest BCUT2D eigenvalue weighted by Gasteiger charge is 2.04. The molecule has 0 heterocycles. The largest absolute Gasteiger partial charge is 0.493 e. The van der Waals surface area contributed by atoms with E-state index in [1.54, 1.807) is 12.1 Å². The van der Waals surface area contributed by atoms with Gasteiger partial charge in [-0.15, -0.1) is 0 Å². The van der Waals surface area contributed by atoms with Gasteiger partial charge in [0.15, 0.2) is 0 Å². The van der Waals surface area contributed by atoms with Crippen molar-refractivity contribution in [2.24, 2.45) is 5.73 Å². The predicted octanol–water partition coefficient (Wildman–Crippen LogP) is 1.38. The lowest BCUT2D eigenvalue weighted by Gasteiger charge is -2.09. The number of primary amides is 1. The lowest BCUT2D eigenvalue weighted by Crippen LogP contribution is -2.14. The van der Waals surface area contributed by atoms with Gasteiger partial charge in [-0.1, -0.05) is 19.1 Å². The van der Waals surface area contributed by atoms with Gasteiger partial charge in [0.05, 0.1) is 19.1 Å². The van der Waals surface area contributed by atoms with E-state index in [0.29, 0.717) is 12.2 Å². The van der Waals surface area contributed by atoms with Crippen molar-refractivity contribution >= 4 is 5.91 Å². The van der Waals surface area contributed by atoms with E-state index in [9.17, 15) is 9.90 Å². The molecule has 0 radical (unpaired) electrons. The zero-order chi connectivity index (χ0) is 12.0. The number of amides is 1. The van der Waals surface area contributed by atoms with Crippen LogP contribution in [0.4, 0.5) is 0 Å². The van der Waals surface area contributed by atoms with Crippen molar-refractivity contribution in [2.45, 2.75) is 25.9 Å². The van der Waals surface area contributed by atoms with Crippen LogP contribution >= 0.6 is 0 Å². The highest BCUT2D eigenvalue weighted by atomic mass is 16.5. The Morgan fingerprint density at radius 1 is 1.44 bits per heavy atom. The standard InChI is InChI=1S/C12H17NO3/c1-2-11(14)9-3-5-10(6-4-9)16-8-7-12(13)15/h3-6,11,14H,2,7-8H2,1H3,(H2,13,15)/t11-/m0/s1. The summed E-state index contributed by atoms with van der Waals surface area (Å²) in [6.07, 6.45) is 0.459. The number of hydrogen-bond donors (Lipinski definition) is 2. The van der Waals surface area contributed by atoms with Crippen molar-refractivity contribution in [2.75, 3.05) is 6.61 Å². The summed E-state index contributed by atoms with van der Waals surface area (Å²) in [5, 5.41) is 9.57. The lowest BCUT2D eigenvalue weighted by atomic mass is 10.1. The van der Waals surface area contributed by atoms with Crippen LogP contribution in [0.25, 0.3) is 0 Å². The highest BCUT2D eigenvalue weighted by Crippen LogP contribution is 2.19. The van der Waals surface area contributed by atoms with Gasteiger partial charge in [-0.2, -0.15) is 0 Å². The quantitative estimate of drug-likeness (QED) is 0.765. The number of carbonyl (C=O) groups excluding carboxylic acids is 1. The molecule has 0 saturated carbocycles. The molecule has 1 aromatic rings. The maximum atomic E-state index is 10.5. The van der Waals surface area contributed by atoms with E-state index < -0.39 is 6.10 Å². The van der Waals surface area contributed by atoms with E-state index >= 15 is 0 Å². The summed E-state index contributed by atoms with van der Waals surface area (Å²) in [7, 11) is 0. The summed E-state index contributed by atoms with van der Waals surface area (Å²) in [4.78, 5) is 10.5. The van der Waals surface area contributed by atoms with Crippen LogP contribution in [0.1, 0.15) is 31.4 Å². The molecule has 1 atom stereocenters. The first-order valence-corrected chi connectivity index (χ1v) is 5.32. The summed E-state index contributed by atoms with van der Waals surface area (Å²) in [6.45, 7) is 2.20. The molecule has 0 bridgehead atoms. The Labute approximate surface area is 95.0 Å². The van der Waals surface area contributed by atoms with Crippen LogP contribution in [0.3, 0.4) is 0 Å². The SMILES string of the molecule is CC[C@H](O)c1ccc(OCCC(N)=O)cc1. The summed E-state index contributed by atoms with van der Waals surface area (Å²) in [6, 6.07) is 7.17. The van der Waals surface area contributed by atoms with Crippen LogP contribution in [0, 0.1) is 0 Å². The van der Waals surface area contributed by atoms with Crippen LogP contribution in [-0.2, 0) is 4.79 Å². The lowest BCUT2D eigenvalue weighted by molar-refractivity contribution is -0.118. The van der Waals surface area contributed by atoms with Crippen LogP contribution in [-0.4, -0.2) is 17.6 Å². The fourth-order valence-electron chi connectivity index (χ4n) is 1.29. The van der Waals surface area contributed by atoms with Crippen molar-refractivity contribution in [1.29, 1.82) is 0 Å². The average Bonchev–Trinajstić information content (AvgIpc) is 2.28. The van der Waals surface area contributed by atoms with Gasteiger partial charge in [0.2, 0.25) is 5.91 Å². The second-order valence-electron chi connectivity index (χ2n) is 3.56. The van der Waals surface area contributed by atoms with Crippen LogP contribution < -0.4 is 10.5 Å². The molecule has 4 nitrogen and oxygen atoms in total. The Balaban J connectivity index is 2.48. The Morgan fingerprint density at radius 3 is 2.56 bits per heavy atom. The molecule has 0 aromatic heterocycles. The third kappa shape index (κ3) is 3.90. The van der Waals surface area contributed by atoms with Crippen LogP contribution in [0.2, 0.25) is 0 Å². The van der Waals surface area contributed by atoms with E-state index in [4.69, 9.17) is 10.5 Å². The third-order valence-corrected chi connectivity index (χ3v) is 2.27. The van der Waals surface area contributed by atoms with Gasteiger partial charge in [0, 0.05) is 0 Å². The second-order valence-corrected chi connectivity index (χ2v) is 3.56. The van der Waals surface area contributed by atoms with E-state index in [1.165, 1.54) is 0 Å². The molecule has 0 fully saturated rings. The monoisotopic (exact) mass is 223 g/mol. The van der Waals surface area contributed by atoms with Crippen molar-refractivity contribution in [3.05, 3.63) is 29.8 Å². The Bertz CT molecular complexity index is 335. The zero-order valence-corrected chi connectivity index (χ0v) is 9.35. The minimum absolute atomic E-state index is 0.208. The van der Waals surface area contributed by atoms with Gasteiger partial charge >= 0.3 is 0 Å². The van der Waals surface area contributed by atoms with Gasteiger partial charge in [-0.3, -0.25) is 4.79 Å².